The summed E-state index contributed by atoms with van der Waals surface area (Å²) >= 11 is 0. The van der Waals surface area contributed by atoms with Gasteiger partial charge in [-0.15, -0.1) is 0 Å². The van der Waals surface area contributed by atoms with Crippen LogP contribution in [0.4, 0.5) is 35.1 Å². The molecule has 30 nitrogen and oxygen atoms in total. The Morgan fingerprint density at radius 3 is 0.935 bits per heavy atom. The summed E-state index contributed by atoms with van der Waals surface area (Å²) in [6.45, 7) is 36.7. The molecular formula is C78H112AcF8N6O24P6. The summed E-state index contributed by atoms with van der Waals surface area (Å²) < 4.78 is 227. The van der Waals surface area contributed by atoms with Crippen LogP contribution in [0.1, 0.15) is 190 Å². The number of carbonyl (C=O) groups excluding carboxylic acids is 2. The number of hydrogen-bond acceptors (Lipinski definition) is 30. The Balaban J connectivity index is 0.000000310. The van der Waals surface area contributed by atoms with E-state index in [0.29, 0.717) is 58.5 Å². The van der Waals surface area contributed by atoms with E-state index >= 15 is 0 Å². The fraction of sp³-hybridized carbons (Fsp3) is 0.590. The van der Waals surface area contributed by atoms with Gasteiger partial charge in [-0.3, -0.25) is 39.5 Å². The van der Waals surface area contributed by atoms with Gasteiger partial charge in [-0.05, 0) is 122 Å². The van der Waals surface area contributed by atoms with Crippen molar-refractivity contribution in [1.82, 2.24) is 29.9 Å². The van der Waals surface area contributed by atoms with Crippen molar-refractivity contribution in [2.75, 3.05) is 92.3 Å². The van der Waals surface area contributed by atoms with E-state index in [0.717, 1.165) is 101 Å². The van der Waals surface area contributed by atoms with E-state index in [1.807, 2.05) is 41.5 Å². The molecule has 0 saturated heterocycles. The van der Waals surface area contributed by atoms with Gasteiger partial charge < -0.3 is 106 Å². The van der Waals surface area contributed by atoms with Crippen LogP contribution in [0.5, 0.6) is 34.5 Å². The average Bonchev–Trinajstić information content (AvgIpc) is 0.758. The Labute approximate surface area is 745 Å². The Morgan fingerprint density at radius 2 is 0.626 bits per heavy atom. The monoisotopic (exact) mass is 2080 g/mol. The number of aromatic hydroxyl groups is 2. The molecule has 4 unspecified atom stereocenters. The van der Waals surface area contributed by atoms with Gasteiger partial charge in [0.15, 0.2) is 46.5 Å². The molecule has 10 heterocycles. The maximum Gasteiger partial charge on any atom is 0.358 e. The summed E-state index contributed by atoms with van der Waals surface area (Å²) in [6, 6.07) is 0. The number of fused-ring (bicyclic) bond motifs is 4. The quantitative estimate of drug-likeness (QED) is 0.0200. The van der Waals surface area contributed by atoms with Gasteiger partial charge in [0.25, 0.3) is 0 Å². The summed E-state index contributed by atoms with van der Waals surface area (Å²) in [5, 5.41) is 77.9. The van der Waals surface area contributed by atoms with E-state index in [1.165, 1.54) is 13.8 Å². The van der Waals surface area contributed by atoms with Crippen LogP contribution in [0.2, 0.25) is 0 Å². The average molecular weight is 2080 g/mol. The molecule has 0 fully saturated rings. The first-order valence-corrected chi connectivity index (χ1v) is 53.4. The van der Waals surface area contributed by atoms with Crippen molar-refractivity contribution >= 4 is 54.4 Å². The zero-order valence-electron chi connectivity index (χ0n) is 73.5. The molecule has 1 radical (unpaired) electrons. The smallest absolute Gasteiger partial charge is 0.358 e. The number of aryl methyl sites for hydroxylation is 6. The predicted molar refractivity (Wildman–Crippen MR) is 442 cm³/mol. The number of aliphatic hydroxyl groups excluding tert-OH is 6. The molecule has 0 amide bonds. The summed E-state index contributed by atoms with van der Waals surface area (Å²) in [6.07, 6.45) is 1.44. The number of alkyl halides is 8. The van der Waals surface area contributed by atoms with E-state index in [-0.39, 0.29) is 115 Å². The first-order chi connectivity index (χ1) is 55.0. The molecule has 0 saturated carbocycles. The zero-order valence-corrected chi connectivity index (χ0v) is 83.6. The second-order valence-electron chi connectivity index (χ2n) is 33.7. The van der Waals surface area contributed by atoms with Crippen molar-refractivity contribution < 1.29 is 195 Å². The Hall–Kier alpha value is -5.10. The van der Waals surface area contributed by atoms with E-state index in [4.69, 9.17) is 48.1 Å². The van der Waals surface area contributed by atoms with Crippen molar-refractivity contribution in [3.63, 3.8) is 0 Å². The molecule has 4 aliphatic rings. The normalized spacial score (nSPS) is 17.0. The number of aromatic nitrogens is 6. The van der Waals surface area contributed by atoms with Crippen LogP contribution >= 0.6 is 42.9 Å². The standard InChI is InChI=1S/C14H20F2NO4P.C14H18F2NO4P.2C14H22NO4P.C11H16F2NO4P.C11H14F2NO4P.Ac/c2*1-8-11-10(7-20-13(2,3)21-11)9(6-17-8)12(18)14(15,16)22(4,5)19;2*1-9-13-11(7-18-14(2,3)19-13)10(6-15-9)12(16)8-20(4,5)17;2*1-6-9(16)8(5-15)7(4-14-6)10(17)11(12,13)19(2,3)18;/h6,12,18H,7H2,1-5H3;6H,7H2,1-5H3;2*6,12,16H,7-8H2,1-5H3;4,10,15-17H,5H2,1-3H3;4,15-16H,5H2,1-3H3;. The van der Waals surface area contributed by atoms with Gasteiger partial charge in [-0.1, -0.05) is 0 Å². The second-order valence-corrected chi connectivity index (χ2v) is 53.9. The first kappa shape index (κ1) is 110. The molecule has 0 bridgehead atoms. The number of Topliss-reactive ketones (excluding diaryl/α,β-unsaturated/α-hetero) is 2. The van der Waals surface area contributed by atoms with Crippen LogP contribution in [-0.2, 0) is 86.0 Å². The van der Waals surface area contributed by atoms with Crippen molar-refractivity contribution in [2.45, 2.75) is 207 Å². The third kappa shape index (κ3) is 27.0. The fourth-order valence-electron chi connectivity index (χ4n) is 11.7. The number of halogens is 8. The van der Waals surface area contributed by atoms with E-state index in [9.17, 15) is 103 Å². The summed E-state index contributed by atoms with van der Waals surface area (Å²) in [4.78, 5) is 47.7. The van der Waals surface area contributed by atoms with Gasteiger partial charge in [0.05, 0.1) is 111 Å². The largest absolute Gasteiger partial charge is 0.506 e. The Kier molecular flexibility index (Phi) is 36.3. The SMILES string of the molecule is Cc1ncc(C(=O)C(F)(F)P(C)(C)=O)c(CO)c1O.Cc1ncc(C(=O)C(F)(F)P(C)(C)=O)c2c1OC(C)(C)OC2.Cc1ncc(C(O)C(F)(F)P(C)(C)=O)c(CO)c1O.Cc1ncc(C(O)C(F)(F)P(C)(C)=O)c2c1OC(C)(C)OC2.Cc1ncc(C(O)CP(C)(C)=O)c2c1OC(C)(C)OC2.Cc1ncc(C(O)CP(C)(C)=O)c2c1OC(C)(C)OC2.[Ac]. The van der Waals surface area contributed by atoms with Crippen LogP contribution in [0.25, 0.3) is 0 Å². The van der Waals surface area contributed by atoms with E-state index < -0.39 is 160 Å². The molecule has 8 N–H and O–H groups in total. The zero-order chi connectivity index (χ0) is 94.1. The third-order valence-corrected chi connectivity index (χ3v) is 28.0. The topological polar surface area (TPSA) is 450 Å². The van der Waals surface area contributed by atoms with Gasteiger partial charge in [0.1, 0.15) is 28.7 Å². The van der Waals surface area contributed by atoms with Crippen LogP contribution in [-0.4, -0.2) is 220 Å². The number of pyridine rings is 6. The summed E-state index contributed by atoms with van der Waals surface area (Å²) in [5.41, 5.74) is -11.6. The number of rotatable bonds is 20. The van der Waals surface area contributed by atoms with E-state index in [1.54, 1.807) is 80.6 Å². The van der Waals surface area contributed by atoms with Crippen molar-refractivity contribution in [3.8, 4) is 34.5 Å². The number of aliphatic hydroxyl groups is 6. The molecule has 0 spiro atoms. The summed E-state index contributed by atoms with van der Waals surface area (Å²) in [5.74, 6) is -5.54. The molecule has 0 aromatic carbocycles. The van der Waals surface area contributed by atoms with Gasteiger partial charge in [0.2, 0.25) is 34.7 Å². The molecule has 0 aliphatic carbocycles. The Morgan fingerprint density at radius 1 is 0.382 bits per heavy atom. The van der Waals surface area contributed by atoms with Gasteiger partial charge in [0, 0.05) is 205 Å². The molecule has 6 aromatic rings. The Bertz CT molecular complexity index is 5090. The number of hydrogen-bond donors (Lipinski definition) is 8. The molecule has 45 heteroatoms. The third-order valence-electron chi connectivity index (χ3n) is 19.1. The van der Waals surface area contributed by atoms with Crippen LogP contribution in [0.15, 0.2) is 37.2 Å². The minimum Gasteiger partial charge on any atom is -0.506 e. The van der Waals surface area contributed by atoms with Gasteiger partial charge in [-0.25, -0.2) is 0 Å². The molecule has 123 heavy (non-hydrogen) atoms. The minimum absolute atomic E-state index is 0. The number of ketones is 2. The minimum atomic E-state index is -4.07. The molecule has 10 rings (SSSR count). The number of ether oxygens (including phenoxy) is 8. The molecule has 687 valence electrons. The van der Waals surface area contributed by atoms with E-state index in [2.05, 4.69) is 29.9 Å². The molecule has 4 atom stereocenters. The number of carbonyl (C=O) groups is 2. The fourth-order valence-corrected chi connectivity index (χ4v) is 16.4. The van der Waals surface area contributed by atoms with Crippen LogP contribution in [0, 0.1) is 85.6 Å². The first-order valence-electron chi connectivity index (χ1n) is 37.4. The molecule has 6 aromatic heterocycles. The molecule has 4 aliphatic heterocycles. The van der Waals surface area contributed by atoms with Crippen molar-refractivity contribution in [2.24, 2.45) is 0 Å². The van der Waals surface area contributed by atoms with Crippen LogP contribution < -0.4 is 18.9 Å². The van der Waals surface area contributed by atoms with Crippen molar-refractivity contribution in [1.29, 1.82) is 0 Å². The summed E-state index contributed by atoms with van der Waals surface area (Å²) in [7, 11) is -20.4. The maximum atomic E-state index is 14.2. The second kappa shape index (κ2) is 40.5. The number of nitrogens with zero attached hydrogens (tertiary/aromatic N) is 6. The van der Waals surface area contributed by atoms with Crippen molar-refractivity contribution in [3.05, 3.63) is 138 Å². The van der Waals surface area contributed by atoms with Gasteiger partial charge in [-0.2, -0.15) is 35.1 Å². The van der Waals surface area contributed by atoms with Crippen LogP contribution in [0.3, 0.4) is 0 Å². The van der Waals surface area contributed by atoms with Gasteiger partial charge >= 0.3 is 22.7 Å². The predicted octanol–water partition coefficient (Wildman–Crippen LogP) is 15.9. The maximum absolute atomic E-state index is 14.2. The molecular weight excluding hydrogens is 1970 g/mol.